The van der Waals surface area contributed by atoms with Crippen LogP contribution in [0.3, 0.4) is 0 Å². The molecule has 92 valence electrons. The van der Waals surface area contributed by atoms with Crippen molar-refractivity contribution < 1.29 is 14.8 Å². The lowest BCUT2D eigenvalue weighted by molar-refractivity contribution is -0.385. The summed E-state index contributed by atoms with van der Waals surface area (Å²) < 4.78 is 0. The number of aliphatic hydroxyl groups excluding tert-OH is 1. The molecule has 6 nitrogen and oxygen atoms in total. The van der Waals surface area contributed by atoms with Gasteiger partial charge < -0.3 is 10.4 Å². The monoisotopic (exact) mass is 238 g/mol. The Hall–Kier alpha value is -1.95. The summed E-state index contributed by atoms with van der Waals surface area (Å²) in [7, 11) is 0. The molecule has 1 aromatic rings. The second-order valence-corrected chi connectivity index (χ2v) is 3.54. The molecule has 0 aliphatic rings. The van der Waals surface area contributed by atoms with Crippen LogP contribution in [0.1, 0.15) is 23.7 Å². The van der Waals surface area contributed by atoms with Crippen LogP contribution < -0.4 is 5.32 Å². The van der Waals surface area contributed by atoms with Gasteiger partial charge in [0.25, 0.3) is 11.6 Å². The van der Waals surface area contributed by atoms with Crippen molar-refractivity contribution in [2.24, 2.45) is 0 Å². The molecule has 0 aliphatic carbocycles. The second kappa shape index (κ2) is 5.95. The smallest absolute Gasteiger partial charge is 0.282 e. The average molecular weight is 238 g/mol. The highest BCUT2D eigenvalue weighted by atomic mass is 16.6. The largest absolute Gasteiger partial charge is 0.394 e. The Labute approximate surface area is 98.4 Å². The third kappa shape index (κ3) is 3.25. The van der Waals surface area contributed by atoms with Gasteiger partial charge in [-0.05, 0) is 12.5 Å². The number of carbonyl (C=O) groups is 1. The Balaban J connectivity index is 2.92. The number of hydrogen-bond acceptors (Lipinski definition) is 4. The number of nitro groups is 1. The molecule has 0 aromatic heterocycles. The maximum atomic E-state index is 11.8. The van der Waals surface area contributed by atoms with Gasteiger partial charge in [-0.15, -0.1) is 0 Å². The van der Waals surface area contributed by atoms with Crippen molar-refractivity contribution in [2.75, 3.05) is 6.61 Å². The number of amides is 1. The molecule has 0 bridgehead atoms. The zero-order chi connectivity index (χ0) is 12.8. The molecule has 0 saturated heterocycles. The van der Waals surface area contributed by atoms with E-state index in [1.165, 1.54) is 18.2 Å². The fraction of sp³-hybridized carbons (Fsp3) is 0.364. The molecule has 0 spiro atoms. The van der Waals surface area contributed by atoms with Gasteiger partial charge in [-0.3, -0.25) is 14.9 Å². The number of rotatable bonds is 5. The molecular weight excluding hydrogens is 224 g/mol. The van der Waals surface area contributed by atoms with Gasteiger partial charge in [0.1, 0.15) is 5.56 Å². The van der Waals surface area contributed by atoms with Crippen molar-refractivity contribution in [2.45, 2.75) is 19.4 Å². The van der Waals surface area contributed by atoms with Crippen LogP contribution in [0.2, 0.25) is 0 Å². The number of nitro benzene ring substituents is 1. The van der Waals surface area contributed by atoms with Gasteiger partial charge in [-0.25, -0.2) is 0 Å². The molecule has 0 saturated carbocycles. The summed E-state index contributed by atoms with van der Waals surface area (Å²) in [4.78, 5) is 21.9. The van der Waals surface area contributed by atoms with E-state index in [9.17, 15) is 14.9 Å². The third-order valence-corrected chi connectivity index (χ3v) is 2.39. The summed E-state index contributed by atoms with van der Waals surface area (Å²) in [6, 6.07) is 5.33. The second-order valence-electron chi connectivity index (χ2n) is 3.54. The number of benzene rings is 1. The third-order valence-electron chi connectivity index (χ3n) is 2.39. The van der Waals surface area contributed by atoms with Crippen molar-refractivity contribution in [1.82, 2.24) is 5.32 Å². The van der Waals surface area contributed by atoms with Gasteiger partial charge in [0.15, 0.2) is 0 Å². The molecule has 0 aliphatic heterocycles. The van der Waals surface area contributed by atoms with Gasteiger partial charge >= 0.3 is 0 Å². The van der Waals surface area contributed by atoms with Gasteiger partial charge in [-0.2, -0.15) is 0 Å². The van der Waals surface area contributed by atoms with Gasteiger partial charge in [0.2, 0.25) is 0 Å². The van der Waals surface area contributed by atoms with Crippen LogP contribution in [0.25, 0.3) is 0 Å². The Bertz CT molecular complexity index is 416. The van der Waals surface area contributed by atoms with Crippen molar-refractivity contribution in [3.05, 3.63) is 39.9 Å². The first-order chi connectivity index (χ1) is 8.10. The summed E-state index contributed by atoms with van der Waals surface area (Å²) in [6.45, 7) is 1.61. The van der Waals surface area contributed by atoms with E-state index in [4.69, 9.17) is 5.11 Å². The molecule has 6 heteroatoms. The highest BCUT2D eigenvalue weighted by Gasteiger charge is 2.20. The standard InChI is InChI=1S/C11H14N2O4/c1-2-8(7-14)12-11(15)9-5-3-4-6-10(9)13(16)17/h3-6,8,14H,2,7H2,1H3,(H,12,15)/t8-/m0/s1. The molecule has 0 heterocycles. The van der Waals surface area contributed by atoms with Gasteiger partial charge in [0.05, 0.1) is 17.6 Å². The molecule has 0 radical (unpaired) electrons. The first-order valence-electron chi connectivity index (χ1n) is 5.25. The maximum absolute atomic E-state index is 11.8. The Morgan fingerprint density at radius 3 is 2.71 bits per heavy atom. The fourth-order valence-corrected chi connectivity index (χ4v) is 1.36. The van der Waals surface area contributed by atoms with Crippen molar-refractivity contribution in [3.8, 4) is 0 Å². The van der Waals surface area contributed by atoms with Crippen molar-refractivity contribution >= 4 is 11.6 Å². The summed E-state index contributed by atoms with van der Waals surface area (Å²) in [5.41, 5.74) is -0.234. The predicted octanol–water partition coefficient (Wildman–Crippen LogP) is 1.10. The minimum Gasteiger partial charge on any atom is -0.394 e. The van der Waals surface area contributed by atoms with Crippen LogP contribution >= 0.6 is 0 Å². The summed E-state index contributed by atoms with van der Waals surface area (Å²) in [6.07, 6.45) is 0.558. The van der Waals surface area contributed by atoms with Crippen molar-refractivity contribution in [1.29, 1.82) is 0 Å². The maximum Gasteiger partial charge on any atom is 0.282 e. The van der Waals surface area contributed by atoms with Crippen LogP contribution in [0.15, 0.2) is 24.3 Å². The molecule has 2 N–H and O–H groups in total. The molecule has 17 heavy (non-hydrogen) atoms. The Morgan fingerprint density at radius 1 is 1.53 bits per heavy atom. The van der Waals surface area contributed by atoms with Gasteiger partial charge in [-0.1, -0.05) is 19.1 Å². The van der Waals surface area contributed by atoms with E-state index in [1.807, 2.05) is 0 Å². The molecule has 0 fully saturated rings. The lowest BCUT2D eigenvalue weighted by Gasteiger charge is -2.13. The summed E-state index contributed by atoms with van der Waals surface area (Å²) in [5, 5.41) is 22.2. The fourth-order valence-electron chi connectivity index (χ4n) is 1.36. The van der Waals surface area contributed by atoms with E-state index >= 15 is 0 Å². The zero-order valence-corrected chi connectivity index (χ0v) is 9.42. The number of nitrogens with one attached hydrogen (secondary N) is 1. The minimum atomic E-state index is -0.602. The first kappa shape index (κ1) is 13.1. The van der Waals surface area contributed by atoms with Crippen LogP contribution in [-0.4, -0.2) is 28.6 Å². The zero-order valence-electron chi connectivity index (χ0n) is 9.42. The Kier molecular flexibility index (Phi) is 4.59. The van der Waals surface area contributed by atoms with E-state index in [0.717, 1.165) is 0 Å². The number of aliphatic hydroxyl groups is 1. The molecule has 1 aromatic carbocycles. The van der Waals surface area contributed by atoms with Gasteiger partial charge in [0, 0.05) is 6.07 Å². The normalized spacial score (nSPS) is 11.9. The molecule has 0 unspecified atom stereocenters. The minimum absolute atomic E-state index is 0.00407. The van der Waals surface area contributed by atoms with E-state index in [0.29, 0.717) is 6.42 Å². The van der Waals surface area contributed by atoms with Crippen LogP contribution in [-0.2, 0) is 0 Å². The topological polar surface area (TPSA) is 92.5 Å². The van der Waals surface area contributed by atoms with Crippen LogP contribution in [0.5, 0.6) is 0 Å². The summed E-state index contributed by atoms with van der Waals surface area (Å²) >= 11 is 0. The highest BCUT2D eigenvalue weighted by molar-refractivity contribution is 5.98. The lowest BCUT2D eigenvalue weighted by atomic mass is 10.1. The summed E-state index contributed by atoms with van der Waals surface area (Å²) in [5.74, 6) is -0.543. The van der Waals surface area contributed by atoms with E-state index < -0.39 is 10.8 Å². The average Bonchev–Trinajstić information content (AvgIpc) is 2.35. The Morgan fingerprint density at radius 2 is 2.18 bits per heavy atom. The molecule has 1 atom stereocenters. The number of hydrogen-bond donors (Lipinski definition) is 2. The van der Waals surface area contributed by atoms with E-state index in [1.54, 1.807) is 13.0 Å². The van der Waals surface area contributed by atoms with E-state index in [2.05, 4.69) is 5.32 Å². The van der Waals surface area contributed by atoms with E-state index in [-0.39, 0.29) is 23.9 Å². The quantitative estimate of drug-likeness (QED) is 0.593. The lowest BCUT2D eigenvalue weighted by Crippen LogP contribution is -2.37. The number of carbonyl (C=O) groups excluding carboxylic acids is 1. The highest BCUT2D eigenvalue weighted by Crippen LogP contribution is 2.17. The predicted molar refractivity (Wildman–Crippen MR) is 61.7 cm³/mol. The van der Waals surface area contributed by atoms with Crippen LogP contribution in [0, 0.1) is 10.1 Å². The molecular formula is C11H14N2O4. The van der Waals surface area contributed by atoms with Crippen LogP contribution in [0.4, 0.5) is 5.69 Å². The molecule has 1 amide bonds. The van der Waals surface area contributed by atoms with Crippen molar-refractivity contribution in [3.63, 3.8) is 0 Å². The SMILES string of the molecule is CC[C@@H](CO)NC(=O)c1ccccc1[N+](=O)[O-]. The first-order valence-corrected chi connectivity index (χ1v) is 5.25. The number of nitrogens with zero attached hydrogens (tertiary/aromatic N) is 1. The molecule has 1 rings (SSSR count). The number of para-hydroxylation sites is 1.